The highest BCUT2D eigenvalue weighted by Crippen LogP contribution is 2.20. The minimum absolute atomic E-state index is 0.341. The van der Waals surface area contributed by atoms with Crippen LogP contribution >= 0.6 is 12.6 Å². The predicted molar refractivity (Wildman–Crippen MR) is 53.3 cm³/mol. The van der Waals surface area contributed by atoms with Crippen molar-refractivity contribution in [1.29, 1.82) is 0 Å². The molecule has 1 atom stereocenters. The lowest BCUT2D eigenvalue weighted by Crippen LogP contribution is -1.87. The molecule has 0 N–H and O–H groups in total. The van der Waals surface area contributed by atoms with E-state index in [1.54, 1.807) is 0 Å². The molecule has 11 heavy (non-hydrogen) atoms. The van der Waals surface area contributed by atoms with E-state index in [4.69, 9.17) is 0 Å². The molecule has 0 saturated carbocycles. The molecule has 0 aliphatic rings. The van der Waals surface area contributed by atoms with Crippen LogP contribution in [-0.4, -0.2) is 0 Å². The standard InChI is InChI=1S/C10H14S/c1-7-4-8(2)6-10(5-7)9(3)11/h4-6,9,11H,1-3H3. The summed E-state index contributed by atoms with van der Waals surface area (Å²) in [6.07, 6.45) is 0. The molecule has 0 spiro atoms. The Morgan fingerprint density at radius 2 is 1.55 bits per heavy atom. The van der Waals surface area contributed by atoms with Crippen LogP contribution in [0, 0.1) is 13.8 Å². The van der Waals surface area contributed by atoms with E-state index in [2.05, 4.69) is 51.6 Å². The molecule has 1 unspecified atom stereocenters. The SMILES string of the molecule is Cc1cc(C)cc(C(C)S)c1. The Hall–Kier alpha value is -0.430. The van der Waals surface area contributed by atoms with Crippen molar-refractivity contribution in [3.05, 3.63) is 34.9 Å². The lowest BCUT2D eigenvalue weighted by Gasteiger charge is -2.06. The van der Waals surface area contributed by atoms with Gasteiger partial charge in [-0.3, -0.25) is 0 Å². The van der Waals surface area contributed by atoms with Crippen LogP contribution in [0.15, 0.2) is 18.2 Å². The van der Waals surface area contributed by atoms with Crippen molar-refractivity contribution in [2.45, 2.75) is 26.0 Å². The van der Waals surface area contributed by atoms with E-state index in [0.717, 1.165) is 0 Å². The van der Waals surface area contributed by atoms with Crippen molar-refractivity contribution >= 4 is 12.6 Å². The van der Waals surface area contributed by atoms with Gasteiger partial charge in [-0.15, -0.1) is 0 Å². The Labute approximate surface area is 74.0 Å². The second-order valence-electron chi connectivity index (χ2n) is 3.10. The highest BCUT2D eigenvalue weighted by molar-refractivity contribution is 7.80. The summed E-state index contributed by atoms with van der Waals surface area (Å²) in [6.45, 7) is 6.33. The topological polar surface area (TPSA) is 0 Å². The first kappa shape index (κ1) is 8.66. The van der Waals surface area contributed by atoms with Crippen molar-refractivity contribution in [2.24, 2.45) is 0 Å². The molecule has 0 amide bonds. The van der Waals surface area contributed by atoms with Crippen LogP contribution in [0.5, 0.6) is 0 Å². The first-order valence-electron chi connectivity index (χ1n) is 3.86. The van der Waals surface area contributed by atoms with Gasteiger partial charge in [0.15, 0.2) is 0 Å². The number of benzene rings is 1. The Kier molecular flexibility index (Phi) is 2.61. The average molecular weight is 166 g/mol. The molecular formula is C10H14S. The van der Waals surface area contributed by atoms with Crippen molar-refractivity contribution in [1.82, 2.24) is 0 Å². The summed E-state index contributed by atoms with van der Waals surface area (Å²) in [5.74, 6) is 0. The summed E-state index contributed by atoms with van der Waals surface area (Å²) in [5, 5.41) is 0.341. The molecular weight excluding hydrogens is 152 g/mol. The van der Waals surface area contributed by atoms with Crippen LogP contribution in [0.4, 0.5) is 0 Å². The number of hydrogen-bond donors (Lipinski definition) is 1. The first-order valence-corrected chi connectivity index (χ1v) is 4.37. The number of aryl methyl sites for hydroxylation is 2. The lowest BCUT2D eigenvalue weighted by molar-refractivity contribution is 1.10. The van der Waals surface area contributed by atoms with E-state index in [1.165, 1.54) is 16.7 Å². The summed E-state index contributed by atoms with van der Waals surface area (Å²) < 4.78 is 0. The predicted octanol–water partition coefficient (Wildman–Crippen LogP) is 3.29. The number of thiol groups is 1. The molecule has 1 aromatic carbocycles. The normalized spacial score (nSPS) is 13.1. The summed E-state index contributed by atoms with van der Waals surface area (Å²) in [5.41, 5.74) is 3.95. The van der Waals surface area contributed by atoms with Crippen LogP contribution < -0.4 is 0 Å². The Balaban J connectivity index is 3.08. The molecule has 1 rings (SSSR count). The molecule has 0 heterocycles. The van der Waals surface area contributed by atoms with Gasteiger partial charge in [0.2, 0.25) is 0 Å². The summed E-state index contributed by atoms with van der Waals surface area (Å²) in [4.78, 5) is 0. The zero-order chi connectivity index (χ0) is 8.43. The number of rotatable bonds is 1. The van der Waals surface area contributed by atoms with Crippen LogP contribution in [0.25, 0.3) is 0 Å². The van der Waals surface area contributed by atoms with E-state index < -0.39 is 0 Å². The fourth-order valence-electron chi connectivity index (χ4n) is 1.25. The average Bonchev–Trinajstić information content (AvgIpc) is 1.85. The van der Waals surface area contributed by atoms with Crippen LogP contribution in [0.1, 0.15) is 28.9 Å². The van der Waals surface area contributed by atoms with Gasteiger partial charge in [-0.1, -0.05) is 29.3 Å². The molecule has 0 bridgehead atoms. The summed E-state index contributed by atoms with van der Waals surface area (Å²) in [7, 11) is 0. The lowest BCUT2D eigenvalue weighted by atomic mass is 10.1. The summed E-state index contributed by atoms with van der Waals surface area (Å²) >= 11 is 4.38. The minimum Gasteiger partial charge on any atom is -0.171 e. The maximum atomic E-state index is 4.38. The second-order valence-corrected chi connectivity index (χ2v) is 3.87. The molecule has 0 aliphatic heterocycles. The van der Waals surface area contributed by atoms with Crippen molar-refractivity contribution in [3.63, 3.8) is 0 Å². The van der Waals surface area contributed by atoms with Crippen molar-refractivity contribution in [2.75, 3.05) is 0 Å². The van der Waals surface area contributed by atoms with Gasteiger partial charge in [-0.25, -0.2) is 0 Å². The van der Waals surface area contributed by atoms with E-state index in [9.17, 15) is 0 Å². The van der Waals surface area contributed by atoms with E-state index in [0.29, 0.717) is 5.25 Å². The molecule has 1 heteroatoms. The molecule has 0 nitrogen and oxygen atoms in total. The van der Waals surface area contributed by atoms with Crippen LogP contribution in [0.3, 0.4) is 0 Å². The van der Waals surface area contributed by atoms with E-state index >= 15 is 0 Å². The van der Waals surface area contributed by atoms with Gasteiger partial charge in [0.1, 0.15) is 0 Å². The van der Waals surface area contributed by atoms with Gasteiger partial charge in [0.25, 0.3) is 0 Å². The van der Waals surface area contributed by atoms with Gasteiger partial charge in [0.05, 0.1) is 0 Å². The fraction of sp³-hybridized carbons (Fsp3) is 0.400. The van der Waals surface area contributed by atoms with E-state index in [-0.39, 0.29) is 0 Å². The van der Waals surface area contributed by atoms with Gasteiger partial charge in [0, 0.05) is 5.25 Å². The molecule has 0 radical (unpaired) electrons. The maximum absolute atomic E-state index is 4.38. The largest absolute Gasteiger partial charge is 0.171 e. The third-order valence-corrected chi connectivity index (χ3v) is 2.02. The highest BCUT2D eigenvalue weighted by atomic mass is 32.1. The Morgan fingerprint density at radius 3 is 1.91 bits per heavy atom. The van der Waals surface area contributed by atoms with Gasteiger partial charge in [-0.05, 0) is 26.3 Å². The third kappa shape index (κ3) is 2.26. The molecule has 0 aromatic heterocycles. The van der Waals surface area contributed by atoms with Gasteiger partial charge >= 0.3 is 0 Å². The zero-order valence-corrected chi connectivity index (χ0v) is 8.15. The van der Waals surface area contributed by atoms with Crippen molar-refractivity contribution < 1.29 is 0 Å². The monoisotopic (exact) mass is 166 g/mol. The Morgan fingerprint density at radius 1 is 1.09 bits per heavy atom. The molecule has 60 valence electrons. The third-order valence-electron chi connectivity index (χ3n) is 1.73. The molecule has 0 saturated heterocycles. The summed E-state index contributed by atoms with van der Waals surface area (Å²) in [6, 6.07) is 6.55. The molecule has 1 aromatic rings. The first-order chi connectivity index (χ1) is 5.09. The highest BCUT2D eigenvalue weighted by Gasteiger charge is 1.99. The van der Waals surface area contributed by atoms with Crippen LogP contribution in [0.2, 0.25) is 0 Å². The Bertz CT molecular complexity index is 231. The fourth-order valence-corrected chi connectivity index (χ4v) is 1.40. The maximum Gasteiger partial charge on any atom is 0.0239 e. The van der Waals surface area contributed by atoms with Gasteiger partial charge < -0.3 is 0 Å². The van der Waals surface area contributed by atoms with E-state index in [1.807, 2.05) is 0 Å². The minimum atomic E-state index is 0.341. The quantitative estimate of drug-likeness (QED) is 0.608. The van der Waals surface area contributed by atoms with Crippen molar-refractivity contribution in [3.8, 4) is 0 Å². The van der Waals surface area contributed by atoms with Crippen LogP contribution in [-0.2, 0) is 0 Å². The zero-order valence-electron chi connectivity index (χ0n) is 7.26. The smallest absolute Gasteiger partial charge is 0.0239 e. The molecule has 0 fully saturated rings. The number of hydrogen-bond acceptors (Lipinski definition) is 1. The molecule has 0 aliphatic carbocycles. The van der Waals surface area contributed by atoms with Gasteiger partial charge in [-0.2, -0.15) is 12.6 Å². The second kappa shape index (κ2) is 3.31.